The Bertz CT molecular complexity index is 601. The van der Waals surface area contributed by atoms with Crippen LogP contribution in [0.5, 0.6) is 11.5 Å². The molecule has 2 aliphatic heterocycles. The summed E-state index contributed by atoms with van der Waals surface area (Å²) in [4.78, 5) is 7.93. The molecule has 0 unspecified atom stereocenters. The van der Waals surface area contributed by atoms with Gasteiger partial charge in [0.05, 0.1) is 14.2 Å². The number of nitrogens with zero attached hydrogens (tertiary/aromatic N) is 3. The third kappa shape index (κ3) is 4.00. The summed E-state index contributed by atoms with van der Waals surface area (Å²) >= 11 is 0. The number of benzene rings is 1. The van der Waals surface area contributed by atoms with Crippen molar-refractivity contribution >= 4 is 0 Å². The molecule has 0 aromatic heterocycles. The highest BCUT2D eigenvalue weighted by molar-refractivity contribution is 5.40. The van der Waals surface area contributed by atoms with Gasteiger partial charge in [-0.05, 0) is 43.4 Å². The van der Waals surface area contributed by atoms with Crippen molar-refractivity contribution < 1.29 is 9.47 Å². The van der Waals surface area contributed by atoms with Gasteiger partial charge >= 0.3 is 0 Å². The van der Waals surface area contributed by atoms with Gasteiger partial charge in [0.2, 0.25) is 0 Å². The number of likely N-dealkylation sites (tertiary alicyclic amines) is 1. The summed E-state index contributed by atoms with van der Waals surface area (Å²) in [7, 11) is 3.46. The maximum Gasteiger partial charge on any atom is 0.123 e. The fourth-order valence-electron chi connectivity index (χ4n) is 4.99. The molecule has 0 spiro atoms. The highest BCUT2D eigenvalue weighted by Gasteiger charge is 2.37. The minimum absolute atomic E-state index is 0.902. The average molecular weight is 360 g/mol. The molecule has 0 N–H and O–H groups in total. The molecular formula is C21H33N3O2. The topological polar surface area (TPSA) is 28.2 Å². The summed E-state index contributed by atoms with van der Waals surface area (Å²) in [5.74, 6) is 2.87. The fraction of sp³-hybridized carbons (Fsp3) is 0.714. The van der Waals surface area contributed by atoms with Crippen molar-refractivity contribution in [3.05, 3.63) is 23.8 Å². The van der Waals surface area contributed by atoms with Gasteiger partial charge in [0.1, 0.15) is 11.5 Å². The minimum atomic E-state index is 0.902. The second kappa shape index (κ2) is 8.15. The molecule has 5 nitrogen and oxygen atoms in total. The first kappa shape index (κ1) is 18.1. The minimum Gasteiger partial charge on any atom is -0.497 e. The largest absolute Gasteiger partial charge is 0.497 e. The van der Waals surface area contributed by atoms with Crippen molar-refractivity contribution in [2.75, 3.05) is 60.0 Å². The van der Waals surface area contributed by atoms with Gasteiger partial charge in [0.15, 0.2) is 0 Å². The smallest absolute Gasteiger partial charge is 0.123 e. The first-order valence-corrected chi connectivity index (χ1v) is 10.1. The van der Waals surface area contributed by atoms with Crippen LogP contribution in [0, 0.1) is 5.92 Å². The molecule has 1 saturated carbocycles. The Labute approximate surface area is 157 Å². The standard InChI is InChI=1S/C21H33N3O2/c1-25-20-5-6-21(26-2)18(14-20)16-23-9-7-22(8-10-23)11-12-24-15-17-3-4-19(24)13-17/h5-6,14,17,19H,3-4,7-13,15-16H2,1-2H3/t17-,19+/m0/s1. The molecule has 2 bridgehead atoms. The van der Waals surface area contributed by atoms with E-state index in [0.29, 0.717) is 0 Å². The third-order valence-corrected chi connectivity index (χ3v) is 6.57. The zero-order chi connectivity index (χ0) is 17.9. The van der Waals surface area contributed by atoms with Crippen molar-refractivity contribution in [2.24, 2.45) is 5.92 Å². The predicted molar refractivity (Wildman–Crippen MR) is 104 cm³/mol. The second-order valence-electron chi connectivity index (χ2n) is 8.12. The number of hydrogen-bond acceptors (Lipinski definition) is 5. The van der Waals surface area contributed by atoms with Crippen LogP contribution in [0.4, 0.5) is 0 Å². The number of piperazine rings is 1. The van der Waals surface area contributed by atoms with Crippen molar-refractivity contribution in [3.8, 4) is 11.5 Å². The van der Waals surface area contributed by atoms with E-state index < -0.39 is 0 Å². The number of fused-ring (bicyclic) bond motifs is 2. The van der Waals surface area contributed by atoms with E-state index in [-0.39, 0.29) is 0 Å². The molecule has 4 rings (SSSR count). The maximum atomic E-state index is 5.53. The van der Waals surface area contributed by atoms with Gasteiger partial charge in [-0.2, -0.15) is 0 Å². The average Bonchev–Trinajstić information content (AvgIpc) is 3.30. The van der Waals surface area contributed by atoms with Gasteiger partial charge in [-0.1, -0.05) is 0 Å². The lowest BCUT2D eigenvalue weighted by atomic mass is 10.1. The molecule has 5 heteroatoms. The molecule has 1 aromatic rings. The quantitative estimate of drug-likeness (QED) is 0.745. The molecule has 3 fully saturated rings. The fourth-order valence-corrected chi connectivity index (χ4v) is 4.99. The highest BCUT2D eigenvalue weighted by Crippen LogP contribution is 2.37. The molecule has 1 aromatic carbocycles. The first-order valence-electron chi connectivity index (χ1n) is 10.1. The number of rotatable bonds is 7. The lowest BCUT2D eigenvalue weighted by molar-refractivity contribution is 0.106. The maximum absolute atomic E-state index is 5.53. The number of hydrogen-bond donors (Lipinski definition) is 0. The van der Waals surface area contributed by atoms with Gasteiger partial charge in [-0.15, -0.1) is 0 Å². The highest BCUT2D eigenvalue weighted by atomic mass is 16.5. The van der Waals surface area contributed by atoms with E-state index in [0.717, 1.165) is 43.1 Å². The van der Waals surface area contributed by atoms with Crippen molar-refractivity contribution in [3.63, 3.8) is 0 Å². The van der Waals surface area contributed by atoms with E-state index in [1.807, 2.05) is 12.1 Å². The molecule has 2 saturated heterocycles. The van der Waals surface area contributed by atoms with Crippen LogP contribution in [0.3, 0.4) is 0 Å². The Morgan fingerprint density at radius 1 is 0.962 bits per heavy atom. The number of methoxy groups -OCH3 is 2. The lowest BCUT2D eigenvalue weighted by Crippen LogP contribution is -2.48. The summed E-state index contributed by atoms with van der Waals surface area (Å²) in [5.41, 5.74) is 1.22. The van der Waals surface area contributed by atoms with Gasteiger partial charge in [0, 0.05) is 64.0 Å². The Morgan fingerprint density at radius 2 is 1.77 bits per heavy atom. The molecule has 3 aliphatic rings. The molecular weight excluding hydrogens is 326 g/mol. The summed E-state index contributed by atoms with van der Waals surface area (Å²) in [6.07, 6.45) is 4.39. The SMILES string of the molecule is COc1ccc(OC)c(CN2CCN(CCN3C[C@H]4CC[C@@H]3C4)CC2)c1. The third-order valence-electron chi connectivity index (χ3n) is 6.57. The van der Waals surface area contributed by atoms with E-state index in [1.165, 1.54) is 57.5 Å². The zero-order valence-corrected chi connectivity index (χ0v) is 16.3. The van der Waals surface area contributed by atoms with Crippen LogP contribution >= 0.6 is 0 Å². The molecule has 2 heterocycles. The van der Waals surface area contributed by atoms with Gasteiger partial charge in [-0.3, -0.25) is 14.7 Å². The lowest BCUT2D eigenvalue weighted by Gasteiger charge is -2.36. The van der Waals surface area contributed by atoms with Crippen molar-refractivity contribution in [1.29, 1.82) is 0 Å². The van der Waals surface area contributed by atoms with Crippen molar-refractivity contribution in [2.45, 2.75) is 31.8 Å². The normalized spacial score (nSPS) is 27.2. The van der Waals surface area contributed by atoms with E-state index >= 15 is 0 Å². The Kier molecular flexibility index (Phi) is 5.67. The summed E-state index contributed by atoms with van der Waals surface area (Å²) in [6.45, 7) is 9.41. The van der Waals surface area contributed by atoms with E-state index in [1.54, 1.807) is 14.2 Å². The van der Waals surface area contributed by atoms with Crippen LogP contribution < -0.4 is 9.47 Å². The number of ether oxygens (including phenoxy) is 2. The Balaban J connectivity index is 1.24. The second-order valence-corrected chi connectivity index (χ2v) is 8.12. The van der Waals surface area contributed by atoms with Crippen molar-refractivity contribution in [1.82, 2.24) is 14.7 Å². The molecule has 2 atom stereocenters. The van der Waals surface area contributed by atoms with Crippen LogP contribution in [0.25, 0.3) is 0 Å². The molecule has 1 aliphatic carbocycles. The van der Waals surface area contributed by atoms with Crippen LogP contribution in [0.1, 0.15) is 24.8 Å². The zero-order valence-electron chi connectivity index (χ0n) is 16.3. The van der Waals surface area contributed by atoms with E-state index in [2.05, 4.69) is 20.8 Å². The number of piperidine rings is 1. The Hall–Kier alpha value is -1.30. The Morgan fingerprint density at radius 3 is 2.42 bits per heavy atom. The summed E-state index contributed by atoms with van der Waals surface area (Å²) < 4.78 is 10.9. The van der Waals surface area contributed by atoms with Crippen LogP contribution in [-0.4, -0.2) is 80.8 Å². The molecule has 0 radical (unpaired) electrons. The summed E-state index contributed by atoms with van der Waals surface area (Å²) in [6, 6.07) is 6.98. The van der Waals surface area contributed by atoms with E-state index in [4.69, 9.17) is 9.47 Å². The van der Waals surface area contributed by atoms with Gasteiger partial charge < -0.3 is 9.47 Å². The van der Waals surface area contributed by atoms with Gasteiger partial charge in [0.25, 0.3) is 0 Å². The monoisotopic (exact) mass is 359 g/mol. The van der Waals surface area contributed by atoms with Crippen LogP contribution in [-0.2, 0) is 6.54 Å². The molecule has 0 amide bonds. The van der Waals surface area contributed by atoms with E-state index in [9.17, 15) is 0 Å². The summed E-state index contributed by atoms with van der Waals surface area (Å²) in [5, 5.41) is 0. The van der Waals surface area contributed by atoms with Crippen LogP contribution in [0.2, 0.25) is 0 Å². The van der Waals surface area contributed by atoms with Crippen LogP contribution in [0.15, 0.2) is 18.2 Å². The molecule has 26 heavy (non-hydrogen) atoms. The predicted octanol–water partition coefficient (Wildman–Crippen LogP) is 2.31. The molecule has 144 valence electrons. The van der Waals surface area contributed by atoms with Gasteiger partial charge in [-0.25, -0.2) is 0 Å². The first-order chi connectivity index (χ1) is 12.7.